The Morgan fingerprint density at radius 1 is 1.10 bits per heavy atom. The van der Waals surface area contributed by atoms with Crippen LogP contribution in [0.3, 0.4) is 0 Å². The Morgan fingerprint density at radius 3 is 2.43 bits per heavy atom. The van der Waals surface area contributed by atoms with Gasteiger partial charge in [0.15, 0.2) is 4.80 Å². The van der Waals surface area contributed by atoms with E-state index in [4.69, 9.17) is 4.99 Å². The molecule has 4 heteroatoms. The van der Waals surface area contributed by atoms with Gasteiger partial charge >= 0.3 is 0 Å². The van der Waals surface area contributed by atoms with Crippen molar-refractivity contribution in [2.24, 2.45) is 4.99 Å². The maximum atomic E-state index is 13.0. The lowest BCUT2D eigenvalue weighted by Crippen LogP contribution is -2.21. The van der Waals surface area contributed by atoms with Gasteiger partial charge in [0.2, 0.25) is 0 Å². The average molecular weight is 304 g/mol. The van der Waals surface area contributed by atoms with Crippen molar-refractivity contribution in [1.29, 1.82) is 0 Å². The molecular formula is C17H21FN2S. The standard InChI is InChI=1S/C17H21FN2S/c1-13-12-21-17(19-15-10-8-14(18)9-11-15)20(13)16-6-4-2-3-5-7-16/h8-12,16H,2-7H2,1H3. The van der Waals surface area contributed by atoms with Gasteiger partial charge in [-0.25, -0.2) is 9.38 Å². The molecule has 0 spiro atoms. The van der Waals surface area contributed by atoms with Crippen LogP contribution in [-0.2, 0) is 0 Å². The number of nitrogens with zero attached hydrogens (tertiary/aromatic N) is 2. The minimum atomic E-state index is -0.215. The molecule has 1 fully saturated rings. The first kappa shape index (κ1) is 14.5. The van der Waals surface area contributed by atoms with Gasteiger partial charge < -0.3 is 4.57 Å². The van der Waals surface area contributed by atoms with Crippen LogP contribution in [0, 0.1) is 12.7 Å². The third-order valence-electron chi connectivity index (χ3n) is 4.16. The number of aryl methyl sites for hydroxylation is 1. The van der Waals surface area contributed by atoms with Crippen molar-refractivity contribution in [3.8, 4) is 0 Å². The number of rotatable bonds is 2. The summed E-state index contributed by atoms with van der Waals surface area (Å²) in [4.78, 5) is 5.76. The topological polar surface area (TPSA) is 17.3 Å². The molecule has 3 rings (SSSR count). The molecule has 2 nitrogen and oxygen atoms in total. The van der Waals surface area contributed by atoms with Crippen LogP contribution in [-0.4, -0.2) is 4.57 Å². The molecule has 1 saturated carbocycles. The Hall–Kier alpha value is -1.42. The fourth-order valence-corrected chi connectivity index (χ4v) is 4.02. The lowest BCUT2D eigenvalue weighted by Gasteiger charge is -2.18. The Kier molecular flexibility index (Phi) is 4.54. The molecule has 1 heterocycles. The summed E-state index contributed by atoms with van der Waals surface area (Å²) in [6.07, 6.45) is 7.81. The van der Waals surface area contributed by atoms with Gasteiger partial charge in [-0.2, -0.15) is 0 Å². The molecular weight excluding hydrogens is 283 g/mol. The monoisotopic (exact) mass is 304 g/mol. The molecule has 2 aromatic rings. The van der Waals surface area contributed by atoms with Crippen LogP contribution in [0.5, 0.6) is 0 Å². The molecule has 0 amide bonds. The Balaban J connectivity index is 1.97. The second-order valence-electron chi connectivity index (χ2n) is 5.76. The lowest BCUT2D eigenvalue weighted by atomic mass is 10.1. The summed E-state index contributed by atoms with van der Waals surface area (Å²) < 4.78 is 15.4. The van der Waals surface area contributed by atoms with E-state index in [0.29, 0.717) is 6.04 Å². The maximum Gasteiger partial charge on any atom is 0.190 e. The molecule has 0 N–H and O–H groups in total. The molecule has 1 aliphatic rings. The van der Waals surface area contributed by atoms with Crippen molar-refractivity contribution in [2.75, 3.05) is 0 Å². The van der Waals surface area contributed by atoms with Gasteiger partial charge in [0.1, 0.15) is 5.82 Å². The van der Waals surface area contributed by atoms with Gasteiger partial charge in [-0.1, -0.05) is 25.7 Å². The fourth-order valence-electron chi connectivity index (χ4n) is 3.07. The average Bonchev–Trinajstić information content (AvgIpc) is 2.69. The van der Waals surface area contributed by atoms with E-state index in [2.05, 4.69) is 16.9 Å². The summed E-state index contributed by atoms with van der Waals surface area (Å²) >= 11 is 1.68. The molecule has 0 unspecified atom stereocenters. The van der Waals surface area contributed by atoms with Crippen LogP contribution >= 0.6 is 11.3 Å². The van der Waals surface area contributed by atoms with Crippen molar-refractivity contribution in [1.82, 2.24) is 4.57 Å². The van der Waals surface area contributed by atoms with E-state index in [1.165, 1.54) is 56.4 Å². The van der Waals surface area contributed by atoms with Gasteiger partial charge in [-0.15, -0.1) is 11.3 Å². The first-order valence-corrected chi connectivity index (χ1v) is 8.59. The van der Waals surface area contributed by atoms with Gasteiger partial charge in [0, 0.05) is 17.1 Å². The van der Waals surface area contributed by atoms with Gasteiger partial charge in [-0.05, 0) is 44.0 Å². The zero-order valence-electron chi connectivity index (χ0n) is 12.4. The third kappa shape index (κ3) is 3.43. The second kappa shape index (κ2) is 6.56. The van der Waals surface area contributed by atoms with E-state index < -0.39 is 0 Å². The molecule has 1 aliphatic carbocycles. The number of hydrogen-bond donors (Lipinski definition) is 0. The highest BCUT2D eigenvalue weighted by molar-refractivity contribution is 7.07. The Morgan fingerprint density at radius 2 is 1.76 bits per heavy atom. The summed E-state index contributed by atoms with van der Waals surface area (Å²) in [5, 5.41) is 2.17. The molecule has 1 aromatic heterocycles. The summed E-state index contributed by atoms with van der Waals surface area (Å²) in [6.45, 7) is 2.16. The number of benzene rings is 1. The Bertz CT molecular complexity index is 646. The fraction of sp³-hybridized carbons (Fsp3) is 0.471. The first-order chi connectivity index (χ1) is 10.2. The number of hydrogen-bond acceptors (Lipinski definition) is 2. The van der Waals surface area contributed by atoms with Gasteiger partial charge in [-0.3, -0.25) is 0 Å². The van der Waals surface area contributed by atoms with Gasteiger partial charge in [0.25, 0.3) is 0 Å². The number of aromatic nitrogens is 1. The van der Waals surface area contributed by atoms with Crippen LogP contribution in [0.25, 0.3) is 0 Å². The summed E-state index contributed by atoms with van der Waals surface area (Å²) in [5.41, 5.74) is 2.10. The molecule has 0 atom stereocenters. The molecule has 0 radical (unpaired) electrons. The summed E-state index contributed by atoms with van der Waals surface area (Å²) in [5.74, 6) is -0.215. The van der Waals surface area contributed by atoms with Crippen LogP contribution in [0.15, 0.2) is 34.6 Å². The van der Waals surface area contributed by atoms with Crippen LogP contribution in [0.2, 0.25) is 0 Å². The highest BCUT2D eigenvalue weighted by Gasteiger charge is 2.16. The number of thiazole rings is 1. The summed E-state index contributed by atoms with van der Waals surface area (Å²) in [6, 6.07) is 6.98. The normalized spacial score (nSPS) is 17.9. The smallest absolute Gasteiger partial charge is 0.190 e. The van der Waals surface area contributed by atoms with Gasteiger partial charge in [0.05, 0.1) is 5.69 Å². The highest BCUT2D eigenvalue weighted by atomic mass is 32.1. The minimum absolute atomic E-state index is 0.215. The lowest BCUT2D eigenvalue weighted by molar-refractivity contribution is 0.428. The van der Waals surface area contributed by atoms with E-state index in [1.807, 2.05) is 0 Å². The Labute approximate surface area is 129 Å². The van der Waals surface area contributed by atoms with E-state index in [0.717, 1.165) is 10.5 Å². The molecule has 112 valence electrons. The molecule has 1 aromatic carbocycles. The third-order valence-corrected chi connectivity index (χ3v) is 5.12. The van der Waals surface area contributed by atoms with Crippen LogP contribution in [0.4, 0.5) is 10.1 Å². The van der Waals surface area contributed by atoms with Crippen LogP contribution in [0.1, 0.15) is 50.3 Å². The van der Waals surface area contributed by atoms with Crippen LogP contribution < -0.4 is 4.80 Å². The van der Waals surface area contributed by atoms with Crippen molar-refractivity contribution < 1.29 is 4.39 Å². The van der Waals surface area contributed by atoms with Crippen molar-refractivity contribution in [3.05, 3.63) is 46.0 Å². The van der Waals surface area contributed by atoms with E-state index >= 15 is 0 Å². The first-order valence-electron chi connectivity index (χ1n) is 7.71. The van der Waals surface area contributed by atoms with E-state index in [-0.39, 0.29) is 5.82 Å². The molecule has 0 bridgehead atoms. The zero-order valence-corrected chi connectivity index (χ0v) is 13.2. The quantitative estimate of drug-likeness (QED) is 0.685. The van der Waals surface area contributed by atoms with E-state index in [1.54, 1.807) is 23.5 Å². The molecule has 21 heavy (non-hydrogen) atoms. The zero-order chi connectivity index (χ0) is 14.7. The second-order valence-corrected chi connectivity index (χ2v) is 6.60. The summed E-state index contributed by atoms with van der Waals surface area (Å²) in [7, 11) is 0. The predicted octanol–water partition coefficient (Wildman–Crippen LogP) is 5.12. The van der Waals surface area contributed by atoms with E-state index in [9.17, 15) is 4.39 Å². The minimum Gasteiger partial charge on any atom is -0.318 e. The van der Waals surface area contributed by atoms with Crippen molar-refractivity contribution in [3.63, 3.8) is 0 Å². The SMILES string of the molecule is Cc1csc(=Nc2ccc(F)cc2)n1C1CCCCCC1. The maximum absolute atomic E-state index is 13.0. The highest BCUT2D eigenvalue weighted by Crippen LogP contribution is 2.27. The van der Waals surface area contributed by atoms with Crippen molar-refractivity contribution in [2.45, 2.75) is 51.5 Å². The van der Waals surface area contributed by atoms with Crippen molar-refractivity contribution >= 4 is 17.0 Å². The molecule has 0 aliphatic heterocycles. The number of halogens is 1. The predicted molar refractivity (Wildman–Crippen MR) is 85.4 cm³/mol. The largest absolute Gasteiger partial charge is 0.318 e. The molecule has 0 saturated heterocycles.